The van der Waals surface area contributed by atoms with Crippen LogP contribution in [0.2, 0.25) is 0 Å². The second-order valence-corrected chi connectivity index (χ2v) is 1.83. The first-order chi connectivity index (χ1) is 5.47. The number of hydrogen-bond acceptors (Lipinski definition) is 6. The van der Waals surface area contributed by atoms with Gasteiger partial charge in [-0.15, -0.1) is 10.2 Å². The highest BCUT2D eigenvalue weighted by atomic mass is 15.4. The molecule has 1 aromatic heterocycles. The first kappa shape index (κ1) is 5.90. The van der Waals surface area contributed by atoms with Crippen LogP contribution in [0.25, 0.3) is 0 Å². The summed E-state index contributed by atoms with van der Waals surface area (Å²) in [7, 11) is 0. The van der Waals surface area contributed by atoms with Crippen LogP contribution in [0, 0.1) is 0 Å². The Morgan fingerprint density at radius 1 is 1.36 bits per heavy atom. The molecule has 0 spiro atoms. The topological polar surface area (TPSA) is 74.9 Å². The number of rotatable bonds is 0. The van der Waals surface area contributed by atoms with E-state index in [0.717, 1.165) is 0 Å². The molecule has 0 unspecified atom stereocenters. The molecule has 0 fully saturated rings. The molecule has 6 nitrogen and oxygen atoms in total. The number of hydrazone groups is 1. The van der Waals surface area contributed by atoms with Gasteiger partial charge in [0.15, 0.2) is 6.34 Å². The fraction of sp³-hybridized carbons (Fsp3) is 0. The molecule has 0 aromatic carbocycles. The number of fused-ring (bicyclic) bond motifs is 1. The lowest BCUT2D eigenvalue weighted by Gasteiger charge is -1.96. The summed E-state index contributed by atoms with van der Waals surface area (Å²) in [6, 6.07) is 0. The highest BCUT2D eigenvalue weighted by Crippen LogP contribution is 2.20. The summed E-state index contributed by atoms with van der Waals surface area (Å²) in [4.78, 5) is 7.66. The Morgan fingerprint density at radius 3 is 3.36 bits per heavy atom. The predicted molar refractivity (Wildman–Crippen MR) is 38.7 cm³/mol. The average Bonchev–Trinajstić information content (AvgIpc) is 2.28. The second-order valence-electron chi connectivity index (χ2n) is 1.83. The number of nitrogens with one attached hydrogen (secondary N) is 1. The van der Waals surface area contributed by atoms with Gasteiger partial charge in [0, 0.05) is 0 Å². The van der Waals surface area contributed by atoms with E-state index in [9.17, 15) is 0 Å². The van der Waals surface area contributed by atoms with Crippen LogP contribution in [-0.4, -0.2) is 16.3 Å². The van der Waals surface area contributed by atoms with E-state index in [2.05, 4.69) is 30.7 Å². The van der Waals surface area contributed by atoms with Crippen molar-refractivity contribution in [3.05, 3.63) is 12.5 Å². The molecule has 6 heteroatoms. The zero-order valence-electron chi connectivity index (χ0n) is 5.47. The molecule has 2 heterocycles. The van der Waals surface area contributed by atoms with E-state index in [1.807, 2.05) is 0 Å². The van der Waals surface area contributed by atoms with E-state index >= 15 is 0 Å². The quantitative estimate of drug-likeness (QED) is 0.594. The largest absolute Gasteiger partial charge is 0.271 e. The van der Waals surface area contributed by atoms with Crippen LogP contribution in [0.3, 0.4) is 0 Å². The Labute approximate surface area is 62.1 Å². The molecule has 2 rings (SSSR count). The summed E-state index contributed by atoms with van der Waals surface area (Å²) in [5.74, 6) is 0.498. The van der Waals surface area contributed by atoms with Gasteiger partial charge in [0.2, 0.25) is 5.82 Å². The van der Waals surface area contributed by atoms with Crippen molar-refractivity contribution in [1.82, 2.24) is 9.97 Å². The fourth-order valence-electron chi connectivity index (χ4n) is 0.686. The van der Waals surface area contributed by atoms with Crippen LogP contribution in [0.4, 0.5) is 11.5 Å². The summed E-state index contributed by atoms with van der Waals surface area (Å²) in [5.41, 5.74) is 3.34. The summed E-state index contributed by atoms with van der Waals surface area (Å²) < 4.78 is 0. The van der Waals surface area contributed by atoms with Gasteiger partial charge in [-0.25, -0.2) is 9.97 Å². The summed E-state index contributed by atoms with van der Waals surface area (Å²) in [6.07, 6.45) is 4.30. The molecule has 54 valence electrons. The third-order valence-electron chi connectivity index (χ3n) is 1.14. The number of nitrogens with zero attached hydrogens (tertiary/aromatic N) is 5. The lowest BCUT2D eigenvalue weighted by Crippen LogP contribution is -1.89. The van der Waals surface area contributed by atoms with E-state index in [1.165, 1.54) is 12.7 Å². The highest BCUT2D eigenvalue weighted by molar-refractivity contribution is 5.65. The third-order valence-corrected chi connectivity index (χ3v) is 1.14. The van der Waals surface area contributed by atoms with Crippen molar-refractivity contribution in [2.45, 2.75) is 0 Å². The van der Waals surface area contributed by atoms with Gasteiger partial charge in [0.05, 0.1) is 6.20 Å². The maximum atomic E-state index is 3.87. The van der Waals surface area contributed by atoms with Gasteiger partial charge < -0.3 is 0 Å². The van der Waals surface area contributed by atoms with Crippen LogP contribution >= 0.6 is 0 Å². The van der Waals surface area contributed by atoms with E-state index in [0.29, 0.717) is 11.5 Å². The van der Waals surface area contributed by atoms with Gasteiger partial charge >= 0.3 is 0 Å². The number of aromatic nitrogens is 2. The van der Waals surface area contributed by atoms with Crippen LogP contribution < -0.4 is 5.43 Å². The van der Waals surface area contributed by atoms with Crippen LogP contribution in [0.15, 0.2) is 27.9 Å². The Balaban J connectivity index is 2.52. The maximum Gasteiger partial charge on any atom is 0.202 e. The van der Waals surface area contributed by atoms with Crippen molar-refractivity contribution in [3.63, 3.8) is 0 Å². The van der Waals surface area contributed by atoms with Crippen molar-refractivity contribution in [2.75, 3.05) is 5.43 Å². The van der Waals surface area contributed by atoms with Crippen molar-refractivity contribution >= 4 is 17.8 Å². The Hall–Kier alpha value is -1.85. The minimum Gasteiger partial charge on any atom is -0.271 e. The summed E-state index contributed by atoms with van der Waals surface area (Å²) in [6.45, 7) is 0. The van der Waals surface area contributed by atoms with Gasteiger partial charge in [0.25, 0.3) is 0 Å². The minimum absolute atomic E-state index is 0.498. The van der Waals surface area contributed by atoms with Gasteiger partial charge in [-0.2, -0.15) is 5.10 Å². The normalized spacial score (nSPS) is 13.5. The molecule has 0 atom stereocenters. The molecule has 1 aromatic rings. The van der Waals surface area contributed by atoms with Gasteiger partial charge in [0.1, 0.15) is 12.0 Å². The van der Waals surface area contributed by atoms with Crippen LogP contribution in [0.1, 0.15) is 0 Å². The first-order valence-electron chi connectivity index (χ1n) is 2.95. The monoisotopic (exact) mass is 148 g/mol. The lowest BCUT2D eigenvalue weighted by atomic mass is 10.5. The molecule has 0 bridgehead atoms. The molecular weight excluding hydrogens is 144 g/mol. The standard InChI is InChI=1S/C5H4N6/c1-4-5(7-2-6-1)11-9-3-8-10-4/h1-3,10H. The maximum absolute atomic E-state index is 3.87. The van der Waals surface area contributed by atoms with Crippen molar-refractivity contribution in [2.24, 2.45) is 15.3 Å². The lowest BCUT2D eigenvalue weighted by molar-refractivity contribution is 1.12. The third kappa shape index (κ3) is 1.05. The number of azo groups is 1. The molecule has 1 N–H and O–H groups in total. The first-order valence-corrected chi connectivity index (χ1v) is 2.95. The van der Waals surface area contributed by atoms with Gasteiger partial charge in [-0.3, -0.25) is 5.43 Å². The van der Waals surface area contributed by atoms with E-state index in [4.69, 9.17) is 0 Å². The minimum atomic E-state index is 0.498. The molecule has 0 aliphatic carbocycles. The summed E-state index contributed by atoms with van der Waals surface area (Å²) in [5, 5.41) is 11.0. The Kier molecular flexibility index (Phi) is 1.29. The zero-order valence-corrected chi connectivity index (χ0v) is 5.47. The molecule has 11 heavy (non-hydrogen) atoms. The Morgan fingerprint density at radius 2 is 2.36 bits per heavy atom. The smallest absolute Gasteiger partial charge is 0.202 e. The molecule has 1 aliphatic heterocycles. The SMILES string of the molecule is C1=NNc2cncnc2N=N1. The van der Waals surface area contributed by atoms with Crippen molar-refractivity contribution in [3.8, 4) is 0 Å². The van der Waals surface area contributed by atoms with E-state index < -0.39 is 0 Å². The van der Waals surface area contributed by atoms with Crippen LogP contribution in [-0.2, 0) is 0 Å². The Bertz CT molecular complexity index is 317. The van der Waals surface area contributed by atoms with Crippen LogP contribution in [0.5, 0.6) is 0 Å². The molecule has 0 amide bonds. The number of anilines is 1. The molecule has 0 saturated heterocycles. The molecule has 0 saturated carbocycles. The van der Waals surface area contributed by atoms with Gasteiger partial charge in [-0.05, 0) is 0 Å². The molecule has 1 aliphatic rings. The predicted octanol–water partition coefficient (Wildman–Crippen LogP) is 0.929. The number of hydrogen-bond donors (Lipinski definition) is 1. The average molecular weight is 148 g/mol. The zero-order chi connectivity index (χ0) is 7.52. The molecular formula is C5H4N6. The second kappa shape index (κ2) is 2.41. The fourth-order valence-corrected chi connectivity index (χ4v) is 0.686. The van der Waals surface area contributed by atoms with E-state index in [-0.39, 0.29) is 0 Å². The molecule has 0 radical (unpaired) electrons. The van der Waals surface area contributed by atoms with Crippen molar-refractivity contribution in [1.29, 1.82) is 0 Å². The van der Waals surface area contributed by atoms with E-state index in [1.54, 1.807) is 6.20 Å². The highest BCUT2D eigenvalue weighted by Gasteiger charge is 2.01. The van der Waals surface area contributed by atoms with Crippen molar-refractivity contribution < 1.29 is 0 Å². The summed E-state index contributed by atoms with van der Waals surface area (Å²) >= 11 is 0. The van der Waals surface area contributed by atoms with Gasteiger partial charge in [-0.1, -0.05) is 0 Å².